The summed E-state index contributed by atoms with van der Waals surface area (Å²) >= 11 is 6.22. The van der Waals surface area contributed by atoms with Crippen molar-refractivity contribution in [2.45, 2.75) is 18.9 Å². The monoisotopic (exact) mass is 356 g/mol. The highest BCUT2D eigenvalue weighted by atomic mass is 35.5. The fourth-order valence-electron chi connectivity index (χ4n) is 3.66. The van der Waals surface area contributed by atoms with Crippen LogP contribution in [0.2, 0.25) is 5.02 Å². The van der Waals surface area contributed by atoms with E-state index in [0.717, 1.165) is 31.7 Å². The van der Waals surface area contributed by atoms with Gasteiger partial charge in [0.05, 0.1) is 5.02 Å². The van der Waals surface area contributed by atoms with Gasteiger partial charge in [-0.1, -0.05) is 35.9 Å². The third-order valence-electron chi connectivity index (χ3n) is 4.98. The number of hydrogen-bond donors (Lipinski definition) is 1. The Morgan fingerprint density at radius 2 is 1.72 bits per heavy atom. The molecule has 1 aliphatic carbocycles. The molecule has 2 heterocycles. The van der Waals surface area contributed by atoms with E-state index in [9.17, 15) is 4.79 Å². The Morgan fingerprint density at radius 3 is 2.36 bits per heavy atom. The van der Waals surface area contributed by atoms with Crippen molar-refractivity contribution >= 4 is 23.4 Å². The first-order valence-corrected chi connectivity index (χ1v) is 9.06. The average molecular weight is 357 g/mol. The summed E-state index contributed by atoms with van der Waals surface area (Å²) in [5.41, 5.74) is 2.70. The first kappa shape index (κ1) is 16.2. The highest BCUT2D eigenvalue weighted by Crippen LogP contribution is 2.24. The largest absolute Gasteiger partial charge is 0.352 e. The average Bonchev–Trinajstić information content (AvgIpc) is 3.04. The number of aromatic nitrogens is 1. The van der Waals surface area contributed by atoms with Gasteiger partial charge in [0.15, 0.2) is 0 Å². The summed E-state index contributed by atoms with van der Waals surface area (Å²) in [6.45, 7) is 2.85. The Bertz CT molecular complexity index is 749. The second-order valence-corrected chi connectivity index (χ2v) is 7.01. The number of halogens is 1. The van der Waals surface area contributed by atoms with Crippen LogP contribution in [-0.4, -0.2) is 48.1 Å². The Kier molecular flexibility index (Phi) is 4.49. The molecule has 1 aromatic heterocycles. The molecule has 5 nitrogen and oxygen atoms in total. The fourth-order valence-corrected chi connectivity index (χ4v) is 3.90. The van der Waals surface area contributed by atoms with Gasteiger partial charge in [-0.3, -0.25) is 0 Å². The van der Waals surface area contributed by atoms with Gasteiger partial charge in [-0.25, -0.2) is 9.78 Å². The molecule has 1 fully saturated rings. The van der Waals surface area contributed by atoms with Gasteiger partial charge in [-0.2, -0.15) is 0 Å². The van der Waals surface area contributed by atoms with Crippen LogP contribution < -0.4 is 10.2 Å². The smallest absolute Gasteiger partial charge is 0.317 e. The number of nitrogens with one attached hydrogen (secondary N) is 1. The normalized spacial score (nSPS) is 17.5. The molecule has 1 N–H and O–H groups in total. The van der Waals surface area contributed by atoms with E-state index in [1.807, 2.05) is 17.0 Å². The molecule has 130 valence electrons. The van der Waals surface area contributed by atoms with Crippen LogP contribution in [0.15, 0.2) is 42.6 Å². The Morgan fingerprint density at radius 1 is 1.04 bits per heavy atom. The lowest BCUT2D eigenvalue weighted by Gasteiger charge is -2.36. The molecular formula is C19H21ClN4O. The summed E-state index contributed by atoms with van der Waals surface area (Å²) in [7, 11) is 0. The summed E-state index contributed by atoms with van der Waals surface area (Å²) in [4.78, 5) is 20.9. The molecule has 2 aromatic rings. The van der Waals surface area contributed by atoms with E-state index >= 15 is 0 Å². The van der Waals surface area contributed by atoms with Crippen molar-refractivity contribution in [2.24, 2.45) is 0 Å². The SMILES string of the molecule is O=C(NC1Cc2ccccc2C1)N1CCN(c2ncccc2Cl)CC1. The topological polar surface area (TPSA) is 48.5 Å². The van der Waals surface area contributed by atoms with Crippen LogP contribution in [0.5, 0.6) is 0 Å². The predicted molar refractivity (Wildman–Crippen MR) is 99.2 cm³/mol. The van der Waals surface area contributed by atoms with Crippen molar-refractivity contribution in [2.75, 3.05) is 31.1 Å². The molecule has 2 amide bonds. The highest BCUT2D eigenvalue weighted by Gasteiger charge is 2.27. The summed E-state index contributed by atoms with van der Waals surface area (Å²) in [6, 6.07) is 12.3. The zero-order valence-electron chi connectivity index (χ0n) is 14.0. The number of pyridine rings is 1. The predicted octanol–water partition coefficient (Wildman–Crippen LogP) is 2.73. The van der Waals surface area contributed by atoms with Crippen molar-refractivity contribution < 1.29 is 4.79 Å². The highest BCUT2D eigenvalue weighted by molar-refractivity contribution is 6.32. The van der Waals surface area contributed by atoms with Crippen molar-refractivity contribution in [1.29, 1.82) is 0 Å². The van der Waals surface area contributed by atoms with Crippen LogP contribution in [0.25, 0.3) is 0 Å². The summed E-state index contributed by atoms with van der Waals surface area (Å²) < 4.78 is 0. The first-order chi connectivity index (χ1) is 12.2. The number of rotatable bonds is 2. The van der Waals surface area contributed by atoms with Gasteiger partial charge in [-0.15, -0.1) is 0 Å². The molecule has 0 saturated carbocycles. The number of piperazine rings is 1. The molecule has 2 aliphatic rings. The van der Waals surface area contributed by atoms with Crippen LogP contribution in [0.1, 0.15) is 11.1 Å². The van der Waals surface area contributed by atoms with E-state index in [0.29, 0.717) is 18.1 Å². The maximum absolute atomic E-state index is 12.6. The number of urea groups is 1. The third kappa shape index (κ3) is 3.42. The molecule has 4 rings (SSSR count). The zero-order chi connectivity index (χ0) is 17.2. The molecule has 1 aliphatic heterocycles. The van der Waals surface area contributed by atoms with Gasteiger partial charge in [0.2, 0.25) is 0 Å². The van der Waals surface area contributed by atoms with Gasteiger partial charge in [-0.05, 0) is 36.1 Å². The van der Waals surface area contributed by atoms with Crippen molar-refractivity contribution in [3.8, 4) is 0 Å². The van der Waals surface area contributed by atoms with E-state index < -0.39 is 0 Å². The van der Waals surface area contributed by atoms with E-state index in [2.05, 4.69) is 39.5 Å². The molecule has 25 heavy (non-hydrogen) atoms. The number of carbonyl (C=O) groups excluding carboxylic acids is 1. The number of benzene rings is 1. The van der Waals surface area contributed by atoms with Crippen molar-refractivity contribution in [1.82, 2.24) is 15.2 Å². The van der Waals surface area contributed by atoms with E-state index in [-0.39, 0.29) is 12.1 Å². The van der Waals surface area contributed by atoms with E-state index in [1.54, 1.807) is 6.20 Å². The van der Waals surface area contributed by atoms with Gasteiger partial charge in [0.25, 0.3) is 0 Å². The lowest BCUT2D eigenvalue weighted by molar-refractivity contribution is 0.190. The van der Waals surface area contributed by atoms with E-state index in [4.69, 9.17) is 11.6 Å². The quantitative estimate of drug-likeness (QED) is 0.900. The van der Waals surface area contributed by atoms with Crippen molar-refractivity contribution in [3.63, 3.8) is 0 Å². The number of carbonyl (C=O) groups is 1. The Hall–Kier alpha value is -2.27. The minimum Gasteiger partial charge on any atom is -0.352 e. The van der Waals surface area contributed by atoms with Crippen LogP contribution >= 0.6 is 11.6 Å². The molecule has 0 spiro atoms. The fraction of sp³-hybridized carbons (Fsp3) is 0.368. The summed E-state index contributed by atoms with van der Waals surface area (Å²) in [5, 5.41) is 3.84. The standard InChI is InChI=1S/C19H21ClN4O/c20-17-6-3-7-21-18(17)23-8-10-24(11-9-23)19(25)22-16-12-14-4-1-2-5-15(14)13-16/h1-7,16H,8-13H2,(H,22,25). The minimum atomic E-state index is 0.0320. The van der Waals surface area contributed by atoms with Gasteiger partial charge < -0.3 is 15.1 Å². The molecule has 6 heteroatoms. The maximum atomic E-state index is 12.6. The van der Waals surface area contributed by atoms with Crippen LogP contribution in [0.4, 0.5) is 10.6 Å². The first-order valence-electron chi connectivity index (χ1n) is 8.68. The third-order valence-corrected chi connectivity index (χ3v) is 5.28. The van der Waals surface area contributed by atoms with Crippen LogP contribution in [0.3, 0.4) is 0 Å². The van der Waals surface area contributed by atoms with Crippen LogP contribution in [-0.2, 0) is 12.8 Å². The summed E-state index contributed by atoms with van der Waals surface area (Å²) in [5.74, 6) is 0.801. The molecule has 1 saturated heterocycles. The van der Waals surface area contributed by atoms with Gasteiger partial charge in [0.1, 0.15) is 5.82 Å². The molecule has 0 atom stereocenters. The number of amides is 2. The maximum Gasteiger partial charge on any atom is 0.317 e. The minimum absolute atomic E-state index is 0.0320. The lowest BCUT2D eigenvalue weighted by Crippen LogP contribution is -2.53. The molecule has 1 aromatic carbocycles. The molecule has 0 radical (unpaired) electrons. The Labute approximate surface area is 152 Å². The Balaban J connectivity index is 1.31. The second kappa shape index (κ2) is 6.92. The number of hydrogen-bond acceptors (Lipinski definition) is 3. The number of fused-ring (bicyclic) bond motifs is 1. The zero-order valence-corrected chi connectivity index (χ0v) is 14.7. The number of anilines is 1. The summed E-state index contributed by atoms with van der Waals surface area (Å²) in [6.07, 6.45) is 3.59. The lowest BCUT2D eigenvalue weighted by atomic mass is 10.1. The second-order valence-electron chi connectivity index (χ2n) is 6.61. The molecular weight excluding hydrogens is 336 g/mol. The molecule has 0 unspecified atom stereocenters. The van der Waals surface area contributed by atoms with Gasteiger partial charge >= 0.3 is 6.03 Å². The van der Waals surface area contributed by atoms with Crippen molar-refractivity contribution in [3.05, 3.63) is 58.7 Å². The van der Waals surface area contributed by atoms with Gasteiger partial charge in [0, 0.05) is 38.4 Å². The molecule has 0 bridgehead atoms. The van der Waals surface area contributed by atoms with Crippen LogP contribution in [0, 0.1) is 0 Å². The number of nitrogens with zero attached hydrogens (tertiary/aromatic N) is 3. The van der Waals surface area contributed by atoms with E-state index in [1.165, 1.54) is 11.1 Å².